The van der Waals surface area contributed by atoms with E-state index in [1.807, 2.05) is 30.3 Å². The van der Waals surface area contributed by atoms with E-state index in [1.54, 1.807) is 11.3 Å². The van der Waals surface area contributed by atoms with Crippen LogP contribution in [0.5, 0.6) is 0 Å². The van der Waals surface area contributed by atoms with Gasteiger partial charge in [0.2, 0.25) is 0 Å². The maximum absolute atomic E-state index is 6.29. The summed E-state index contributed by atoms with van der Waals surface area (Å²) in [5, 5.41) is 9.21. The van der Waals surface area contributed by atoms with Crippen LogP contribution in [0.1, 0.15) is 0 Å². The fourth-order valence-electron chi connectivity index (χ4n) is 7.68. The molecule has 0 aliphatic rings. The van der Waals surface area contributed by atoms with Crippen molar-refractivity contribution in [3.63, 3.8) is 0 Å². The van der Waals surface area contributed by atoms with Crippen LogP contribution in [0.4, 0.5) is 0 Å². The molecule has 0 N–H and O–H groups in total. The van der Waals surface area contributed by atoms with Gasteiger partial charge in [-0.1, -0.05) is 115 Å². The highest BCUT2D eigenvalue weighted by Gasteiger charge is 2.19. The number of hydrogen-bond donors (Lipinski definition) is 0. The molecule has 3 aromatic heterocycles. The SMILES string of the molecule is c1ccc(-c2cc3ccc(-c4nc(-c5ccc6sc7ccccc7c6c5)nc(-c5cccc6oc7ccccc7c56)n4)cc3c3ccccc23)cc1. The van der Waals surface area contributed by atoms with E-state index in [0.29, 0.717) is 17.5 Å². The van der Waals surface area contributed by atoms with Crippen LogP contribution in [0.2, 0.25) is 0 Å². The van der Waals surface area contributed by atoms with Crippen LogP contribution in [0, 0.1) is 0 Å². The molecule has 0 atom stereocenters. The average Bonchev–Trinajstić information content (AvgIpc) is 3.79. The van der Waals surface area contributed by atoms with Crippen LogP contribution >= 0.6 is 11.3 Å². The minimum Gasteiger partial charge on any atom is -0.456 e. The Hall–Kier alpha value is -6.69. The number of fused-ring (bicyclic) bond motifs is 9. The van der Waals surface area contributed by atoms with Crippen LogP contribution in [0.3, 0.4) is 0 Å². The molecule has 5 heteroatoms. The maximum Gasteiger partial charge on any atom is 0.164 e. The van der Waals surface area contributed by atoms with Crippen molar-refractivity contribution in [3.05, 3.63) is 164 Å². The summed E-state index contributed by atoms with van der Waals surface area (Å²) in [5.41, 5.74) is 6.86. The summed E-state index contributed by atoms with van der Waals surface area (Å²) >= 11 is 1.81. The summed E-state index contributed by atoms with van der Waals surface area (Å²) in [7, 11) is 0. The fourth-order valence-corrected chi connectivity index (χ4v) is 8.76. The highest BCUT2D eigenvalue weighted by Crippen LogP contribution is 2.40. The summed E-state index contributed by atoms with van der Waals surface area (Å²) in [6.45, 7) is 0. The van der Waals surface area contributed by atoms with Gasteiger partial charge < -0.3 is 4.42 Å². The smallest absolute Gasteiger partial charge is 0.164 e. The highest BCUT2D eigenvalue weighted by molar-refractivity contribution is 7.25. The number of benzene rings is 8. The van der Waals surface area contributed by atoms with Gasteiger partial charge >= 0.3 is 0 Å². The Labute approximate surface area is 302 Å². The fraction of sp³-hybridized carbons (Fsp3) is 0. The van der Waals surface area contributed by atoms with Crippen molar-refractivity contribution in [1.29, 1.82) is 0 Å². The standard InChI is InChI=1S/C47H27N3OS/c1-2-11-28(12-3-1)37-25-29-21-22-30(26-38(29)33-14-5-4-13-32(33)37)45-48-46(31-23-24-43-39(27-31)34-15-7-9-20-42(34)52-43)50-47(49-45)36-17-10-19-41-44(36)35-16-6-8-18-40(35)51-41/h1-27H. The number of nitrogens with zero attached hydrogens (tertiary/aromatic N) is 3. The Balaban J connectivity index is 1.16. The van der Waals surface area contributed by atoms with Crippen LogP contribution < -0.4 is 0 Å². The van der Waals surface area contributed by atoms with Gasteiger partial charge in [-0.2, -0.15) is 0 Å². The molecule has 0 saturated heterocycles. The number of thiophene rings is 1. The van der Waals surface area contributed by atoms with Crippen molar-refractivity contribution >= 4 is 75.0 Å². The average molecular weight is 682 g/mol. The van der Waals surface area contributed by atoms with Crippen molar-refractivity contribution in [2.24, 2.45) is 0 Å². The van der Waals surface area contributed by atoms with Gasteiger partial charge in [-0.25, -0.2) is 15.0 Å². The zero-order chi connectivity index (χ0) is 34.2. The summed E-state index contributed by atoms with van der Waals surface area (Å²) in [6.07, 6.45) is 0. The minimum atomic E-state index is 0.608. The molecule has 0 aliphatic heterocycles. The second-order valence-corrected chi connectivity index (χ2v) is 14.2. The Morgan fingerprint density at radius 2 is 1.00 bits per heavy atom. The molecule has 8 aromatic carbocycles. The first kappa shape index (κ1) is 29.1. The number of aromatic nitrogens is 3. The number of para-hydroxylation sites is 1. The lowest BCUT2D eigenvalue weighted by molar-refractivity contribution is 0.669. The van der Waals surface area contributed by atoms with E-state index < -0.39 is 0 Å². The van der Waals surface area contributed by atoms with Crippen molar-refractivity contribution in [2.45, 2.75) is 0 Å². The summed E-state index contributed by atoms with van der Waals surface area (Å²) in [6, 6.07) is 57.5. The van der Waals surface area contributed by atoms with Crippen molar-refractivity contribution < 1.29 is 4.42 Å². The van der Waals surface area contributed by atoms with E-state index in [4.69, 9.17) is 19.4 Å². The van der Waals surface area contributed by atoms with Gasteiger partial charge in [-0.3, -0.25) is 0 Å². The van der Waals surface area contributed by atoms with Crippen LogP contribution in [-0.4, -0.2) is 15.0 Å². The normalized spacial score (nSPS) is 11.8. The van der Waals surface area contributed by atoms with Crippen LogP contribution in [0.25, 0.3) is 109 Å². The molecule has 0 radical (unpaired) electrons. The number of rotatable bonds is 4. The van der Waals surface area contributed by atoms with Gasteiger partial charge in [-0.15, -0.1) is 11.3 Å². The quantitative estimate of drug-likeness (QED) is 0.174. The molecule has 0 spiro atoms. The second-order valence-electron chi connectivity index (χ2n) is 13.2. The topological polar surface area (TPSA) is 51.8 Å². The first-order valence-corrected chi connectivity index (χ1v) is 18.2. The molecule has 3 heterocycles. The molecule has 4 nitrogen and oxygen atoms in total. The second kappa shape index (κ2) is 11.4. The molecule has 0 amide bonds. The van der Waals surface area contributed by atoms with E-state index in [-0.39, 0.29) is 0 Å². The van der Waals surface area contributed by atoms with E-state index in [1.165, 1.54) is 47.5 Å². The lowest BCUT2D eigenvalue weighted by Crippen LogP contribution is -2.00. The zero-order valence-electron chi connectivity index (χ0n) is 27.7. The Morgan fingerprint density at radius 3 is 1.85 bits per heavy atom. The van der Waals surface area contributed by atoms with Crippen molar-refractivity contribution in [1.82, 2.24) is 15.0 Å². The minimum absolute atomic E-state index is 0.608. The predicted molar refractivity (Wildman–Crippen MR) is 217 cm³/mol. The molecule has 0 fully saturated rings. The van der Waals surface area contributed by atoms with E-state index in [9.17, 15) is 0 Å². The summed E-state index contributed by atoms with van der Waals surface area (Å²) in [4.78, 5) is 15.6. The van der Waals surface area contributed by atoms with Gasteiger partial charge in [0.05, 0.1) is 0 Å². The van der Waals surface area contributed by atoms with E-state index in [2.05, 4.69) is 133 Å². The first-order chi connectivity index (χ1) is 25.7. The predicted octanol–water partition coefficient (Wildman–Crippen LogP) is 13.1. The molecule has 0 saturated carbocycles. The maximum atomic E-state index is 6.29. The molecular formula is C47H27N3OS. The first-order valence-electron chi connectivity index (χ1n) is 17.3. The third-order valence-corrected chi connectivity index (χ3v) is 11.3. The molecule has 0 bridgehead atoms. The van der Waals surface area contributed by atoms with Crippen LogP contribution in [0.15, 0.2) is 168 Å². The van der Waals surface area contributed by atoms with Gasteiger partial charge in [0, 0.05) is 47.6 Å². The summed E-state index contributed by atoms with van der Waals surface area (Å²) in [5.74, 6) is 1.86. The third-order valence-electron chi connectivity index (χ3n) is 10.1. The van der Waals surface area contributed by atoms with Gasteiger partial charge in [0.15, 0.2) is 17.5 Å². The van der Waals surface area contributed by atoms with Crippen molar-refractivity contribution in [2.75, 3.05) is 0 Å². The van der Waals surface area contributed by atoms with E-state index in [0.717, 1.165) is 44.0 Å². The lowest BCUT2D eigenvalue weighted by Gasteiger charge is -2.13. The van der Waals surface area contributed by atoms with Gasteiger partial charge in [0.1, 0.15) is 11.2 Å². The molecule has 52 heavy (non-hydrogen) atoms. The van der Waals surface area contributed by atoms with E-state index >= 15 is 0 Å². The van der Waals surface area contributed by atoms with Gasteiger partial charge in [0.25, 0.3) is 0 Å². The van der Waals surface area contributed by atoms with Gasteiger partial charge in [-0.05, 0) is 81.2 Å². The molecule has 242 valence electrons. The largest absolute Gasteiger partial charge is 0.456 e. The van der Waals surface area contributed by atoms with Crippen molar-refractivity contribution in [3.8, 4) is 45.3 Å². The van der Waals surface area contributed by atoms with Crippen LogP contribution in [-0.2, 0) is 0 Å². The molecule has 0 aliphatic carbocycles. The number of furan rings is 1. The molecular weight excluding hydrogens is 655 g/mol. The Morgan fingerprint density at radius 1 is 0.365 bits per heavy atom. The zero-order valence-corrected chi connectivity index (χ0v) is 28.6. The number of hydrogen-bond acceptors (Lipinski definition) is 5. The highest BCUT2D eigenvalue weighted by atomic mass is 32.1. The third kappa shape index (κ3) is 4.57. The lowest BCUT2D eigenvalue weighted by atomic mass is 9.92. The molecule has 11 aromatic rings. The Bertz CT molecular complexity index is 3200. The summed E-state index contributed by atoms with van der Waals surface area (Å²) < 4.78 is 8.79. The molecule has 0 unspecified atom stereocenters. The molecule has 11 rings (SSSR count). The monoisotopic (exact) mass is 681 g/mol. The Kier molecular flexibility index (Phi) is 6.39.